The Balaban J connectivity index is 2.73. The van der Waals surface area contributed by atoms with Crippen LogP contribution in [0.1, 0.15) is 0 Å². The number of benzene rings is 2. The van der Waals surface area contributed by atoms with Crippen LogP contribution in [0.4, 0.5) is 8.78 Å². The zero-order valence-corrected chi connectivity index (χ0v) is 15.6. The molecule has 0 bridgehead atoms. The van der Waals surface area contributed by atoms with E-state index in [2.05, 4.69) is 0 Å². The lowest BCUT2D eigenvalue weighted by molar-refractivity contribution is 0.571. The lowest BCUT2D eigenvalue weighted by Crippen LogP contribution is -2.07. The van der Waals surface area contributed by atoms with Gasteiger partial charge in [-0.25, -0.2) is 34.0 Å². The van der Waals surface area contributed by atoms with Crippen LogP contribution in [0, 0.1) is 11.6 Å². The van der Waals surface area contributed by atoms with E-state index in [-0.39, 0.29) is 0 Å². The molecular weight excluding hydrogens is 445 g/mol. The molecule has 0 amide bonds. The van der Waals surface area contributed by atoms with E-state index in [0.29, 0.717) is 24.3 Å². The van der Waals surface area contributed by atoms with Gasteiger partial charge in [-0.15, -0.1) is 0 Å². The molecular formula is C12H6Cl2F2O6S3. The fraction of sp³-hybridized carbons (Fsp3) is 0. The van der Waals surface area contributed by atoms with E-state index in [4.69, 9.17) is 21.4 Å². The Labute approximate surface area is 150 Å². The molecule has 25 heavy (non-hydrogen) atoms. The Hall–Kier alpha value is -1.27. The molecule has 0 atom stereocenters. The van der Waals surface area contributed by atoms with Gasteiger partial charge in [-0.2, -0.15) is 0 Å². The van der Waals surface area contributed by atoms with Gasteiger partial charge in [0, 0.05) is 21.4 Å². The monoisotopic (exact) mass is 450 g/mol. The first-order valence-electron chi connectivity index (χ1n) is 5.98. The van der Waals surface area contributed by atoms with Crippen LogP contribution in [-0.2, 0) is 27.9 Å². The molecule has 0 saturated heterocycles. The number of halogens is 4. The molecule has 6 nitrogen and oxygen atoms in total. The predicted octanol–water partition coefficient (Wildman–Crippen LogP) is 2.65. The summed E-state index contributed by atoms with van der Waals surface area (Å²) in [5, 5.41) is 0. The van der Waals surface area contributed by atoms with Crippen LogP contribution in [0.25, 0.3) is 0 Å². The highest BCUT2D eigenvalue weighted by molar-refractivity contribution is 8.14. The lowest BCUT2D eigenvalue weighted by atomic mass is 10.3. The van der Waals surface area contributed by atoms with Gasteiger partial charge in [0.1, 0.15) is 21.4 Å². The van der Waals surface area contributed by atoms with Crippen molar-refractivity contribution in [2.45, 2.75) is 19.6 Å². The van der Waals surface area contributed by atoms with Gasteiger partial charge in [0.15, 0.2) is 0 Å². The van der Waals surface area contributed by atoms with Crippen molar-refractivity contribution in [2.75, 3.05) is 0 Å². The van der Waals surface area contributed by atoms with Gasteiger partial charge in [0.25, 0.3) is 18.1 Å². The van der Waals surface area contributed by atoms with Gasteiger partial charge in [0.2, 0.25) is 9.84 Å². The first-order chi connectivity index (χ1) is 11.2. The van der Waals surface area contributed by atoms with Crippen molar-refractivity contribution in [1.82, 2.24) is 0 Å². The minimum absolute atomic E-state index is 0.464. The second kappa shape index (κ2) is 6.47. The van der Waals surface area contributed by atoms with E-state index >= 15 is 0 Å². The largest absolute Gasteiger partial charge is 0.264 e. The van der Waals surface area contributed by atoms with Crippen molar-refractivity contribution in [2.24, 2.45) is 0 Å². The van der Waals surface area contributed by atoms with Crippen LogP contribution in [-0.4, -0.2) is 25.3 Å². The van der Waals surface area contributed by atoms with Crippen molar-refractivity contribution in [3.05, 3.63) is 48.0 Å². The van der Waals surface area contributed by atoms with Crippen molar-refractivity contribution in [3.63, 3.8) is 0 Å². The molecule has 2 aromatic rings. The summed E-state index contributed by atoms with van der Waals surface area (Å²) >= 11 is 0. The van der Waals surface area contributed by atoms with Crippen LogP contribution in [0.3, 0.4) is 0 Å². The average Bonchev–Trinajstić information content (AvgIpc) is 2.45. The van der Waals surface area contributed by atoms with Crippen LogP contribution >= 0.6 is 21.4 Å². The maximum atomic E-state index is 13.5. The highest BCUT2D eigenvalue weighted by atomic mass is 35.7. The maximum absolute atomic E-state index is 13.5. The lowest BCUT2D eigenvalue weighted by Gasteiger charge is -2.08. The van der Waals surface area contributed by atoms with Gasteiger partial charge in [-0.05, 0) is 36.4 Å². The Morgan fingerprint density at radius 1 is 0.640 bits per heavy atom. The van der Waals surface area contributed by atoms with Crippen molar-refractivity contribution in [1.29, 1.82) is 0 Å². The Morgan fingerprint density at radius 2 is 0.960 bits per heavy atom. The van der Waals surface area contributed by atoms with Crippen molar-refractivity contribution < 1.29 is 34.0 Å². The molecule has 0 unspecified atom stereocenters. The van der Waals surface area contributed by atoms with Gasteiger partial charge < -0.3 is 0 Å². The van der Waals surface area contributed by atoms with Gasteiger partial charge in [0.05, 0.1) is 9.79 Å². The molecule has 0 aliphatic heterocycles. The molecule has 0 aliphatic carbocycles. The van der Waals surface area contributed by atoms with Crippen molar-refractivity contribution >= 4 is 49.3 Å². The second-order valence-corrected chi connectivity index (χ2v) is 11.6. The molecule has 2 aromatic carbocycles. The molecule has 0 aliphatic rings. The standard InChI is InChI=1S/C12H6Cl2F2O6S3/c13-24(19,20)11-5-7(1-3-9(11)15)23(17,18)8-2-4-10(16)12(6-8)25(14,21)22/h1-6H. The summed E-state index contributed by atoms with van der Waals surface area (Å²) in [6.07, 6.45) is 0. The Kier molecular flexibility index (Phi) is 5.19. The predicted molar refractivity (Wildman–Crippen MR) is 84.3 cm³/mol. The van der Waals surface area contributed by atoms with E-state index in [9.17, 15) is 34.0 Å². The topological polar surface area (TPSA) is 102 Å². The highest BCUT2D eigenvalue weighted by Crippen LogP contribution is 2.29. The van der Waals surface area contributed by atoms with Crippen molar-refractivity contribution in [3.8, 4) is 0 Å². The smallest absolute Gasteiger partial charge is 0.219 e. The van der Waals surface area contributed by atoms with Gasteiger partial charge in [-0.3, -0.25) is 0 Å². The van der Waals surface area contributed by atoms with Crippen LogP contribution in [0.5, 0.6) is 0 Å². The molecule has 136 valence electrons. The third-order valence-electron chi connectivity index (χ3n) is 2.95. The van der Waals surface area contributed by atoms with E-state index in [1.54, 1.807) is 0 Å². The van der Waals surface area contributed by atoms with Gasteiger partial charge in [-0.1, -0.05) is 0 Å². The maximum Gasteiger partial charge on any atom is 0.264 e. The summed E-state index contributed by atoms with van der Waals surface area (Å²) in [6.45, 7) is 0. The minimum Gasteiger partial charge on any atom is -0.219 e. The quantitative estimate of drug-likeness (QED) is 0.523. The summed E-state index contributed by atoms with van der Waals surface area (Å²) in [5.74, 6) is -2.56. The Bertz CT molecular complexity index is 1090. The third kappa shape index (κ3) is 4.11. The van der Waals surface area contributed by atoms with Crippen LogP contribution in [0.15, 0.2) is 56.0 Å². The summed E-state index contributed by atoms with van der Waals surface area (Å²) in [6, 6.07) is 3.54. The van der Waals surface area contributed by atoms with Crippen LogP contribution in [0.2, 0.25) is 0 Å². The number of hydrogen-bond acceptors (Lipinski definition) is 6. The summed E-state index contributed by atoms with van der Waals surface area (Å²) < 4.78 is 97.2. The van der Waals surface area contributed by atoms with E-state index in [1.165, 1.54) is 0 Å². The zero-order valence-electron chi connectivity index (χ0n) is 11.7. The molecule has 0 fully saturated rings. The molecule has 0 N–H and O–H groups in total. The molecule has 0 radical (unpaired) electrons. The fourth-order valence-corrected chi connectivity index (χ4v) is 5.12. The van der Waals surface area contributed by atoms with E-state index in [1.807, 2.05) is 0 Å². The number of sulfone groups is 1. The normalized spacial score (nSPS) is 13.0. The fourth-order valence-electron chi connectivity index (χ4n) is 1.81. The summed E-state index contributed by atoms with van der Waals surface area (Å²) in [7, 11) is -3.62. The second-order valence-electron chi connectivity index (χ2n) is 4.56. The van der Waals surface area contributed by atoms with Gasteiger partial charge >= 0.3 is 0 Å². The average molecular weight is 451 g/mol. The minimum atomic E-state index is -4.58. The summed E-state index contributed by atoms with van der Waals surface area (Å²) in [4.78, 5) is -3.56. The molecule has 0 heterocycles. The first kappa shape index (κ1) is 20.0. The Morgan fingerprint density at radius 3 is 1.24 bits per heavy atom. The SMILES string of the molecule is O=S(=O)(Cl)c1cc(S(=O)(=O)c2ccc(F)c(S(=O)(=O)Cl)c2)ccc1F. The highest BCUT2D eigenvalue weighted by Gasteiger charge is 2.26. The molecule has 2 rings (SSSR count). The summed E-state index contributed by atoms with van der Waals surface area (Å²) in [5.41, 5.74) is 0. The number of hydrogen-bond donors (Lipinski definition) is 0. The molecule has 0 spiro atoms. The first-order valence-corrected chi connectivity index (χ1v) is 12.1. The van der Waals surface area contributed by atoms with Crippen LogP contribution < -0.4 is 0 Å². The van der Waals surface area contributed by atoms with E-state index < -0.39 is 59.2 Å². The third-order valence-corrected chi connectivity index (χ3v) is 7.37. The van der Waals surface area contributed by atoms with E-state index in [0.717, 1.165) is 12.1 Å². The molecule has 0 aromatic heterocycles. The zero-order chi connectivity index (χ0) is 19.2. The molecule has 0 saturated carbocycles. The number of rotatable bonds is 4. The molecule has 13 heteroatoms.